The fourth-order valence-electron chi connectivity index (χ4n) is 2.46. The summed E-state index contributed by atoms with van der Waals surface area (Å²) in [7, 11) is 0. The largest absolute Gasteiger partial charge is 0.483 e. The van der Waals surface area contributed by atoms with Crippen molar-refractivity contribution in [3.8, 4) is 5.75 Å². The van der Waals surface area contributed by atoms with Crippen LogP contribution in [0.5, 0.6) is 5.75 Å². The standard InChI is InChI=1S/C19H22N2O3/c1-2-14(15-8-4-3-5-9-15)12-21-19(23)16-10-6-7-11-17(16)24-13-18(20)22/h3-11,14H,2,12-13H2,1H3,(H2,20,22)(H,21,23)/t14-/m1/s1. The Bertz CT molecular complexity index is 686. The number of hydrogen-bond donors (Lipinski definition) is 2. The fourth-order valence-corrected chi connectivity index (χ4v) is 2.46. The Morgan fingerprint density at radius 3 is 2.42 bits per heavy atom. The van der Waals surface area contributed by atoms with Crippen LogP contribution in [0, 0.1) is 0 Å². The maximum absolute atomic E-state index is 12.5. The second-order valence-electron chi connectivity index (χ2n) is 5.48. The molecular formula is C19H22N2O3. The van der Waals surface area contributed by atoms with Crippen molar-refractivity contribution in [3.63, 3.8) is 0 Å². The van der Waals surface area contributed by atoms with Crippen molar-refractivity contribution in [2.24, 2.45) is 5.73 Å². The van der Waals surface area contributed by atoms with Gasteiger partial charge in [-0.3, -0.25) is 9.59 Å². The minimum atomic E-state index is -0.583. The van der Waals surface area contributed by atoms with Gasteiger partial charge in [0.1, 0.15) is 5.75 Å². The number of carbonyl (C=O) groups is 2. The Kier molecular flexibility index (Phi) is 6.37. The minimum Gasteiger partial charge on any atom is -0.483 e. The van der Waals surface area contributed by atoms with Gasteiger partial charge >= 0.3 is 0 Å². The van der Waals surface area contributed by atoms with E-state index in [-0.39, 0.29) is 18.4 Å². The molecule has 0 aliphatic rings. The van der Waals surface area contributed by atoms with Crippen molar-refractivity contribution >= 4 is 11.8 Å². The number of amides is 2. The number of hydrogen-bond acceptors (Lipinski definition) is 3. The first kappa shape index (κ1) is 17.5. The number of para-hydroxylation sites is 1. The molecule has 0 saturated heterocycles. The van der Waals surface area contributed by atoms with Gasteiger partial charge in [-0.1, -0.05) is 49.4 Å². The number of rotatable bonds is 8. The van der Waals surface area contributed by atoms with E-state index in [4.69, 9.17) is 10.5 Å². The monoisotopic (exact) mass is 326 g/mol. The van der Waals surface area contributed by atoms with E-state index in [1.54, 1.807) is 24.3 Å². The van der Waals surface area contributed by atoms with E-state index in [1.807, 2.05) is 18.2 Å². The number of nitrogens with two attached hydrogens (primary N) is 1. The van der Waals surface area contributed by atoms with Crippen LogP contribution in [0.15, 0.2) is 54.6 Å². The van der Waals surface area contributed by atoms with Gasteiger partial charge in [0.2, 0.25) is 0 Å². The third-order valence-electron chi connectivity index (χ3n) is 3.77. The second kappa shape index (κ2) is 8.72. The molecule has 2 amide bonds. The van der Waals surface area contributed by atoms with Gasteiger partial charge in [0.25, 0.3) is 11.8 Å². The van der Waals surface area contributed by atoms with E-state index in [1.165, 1.54) is 5.56 Å². The lowest BCUT2D eigenvalue weighted by atomic mass is 9.96. The molecule has 0 spiro atoms. The molecule has 0 saturated carbocycles. The van der Waals surface area contributed by atoms with E-state index in [0.29, 0.717) is 17.9 Å². The maximum atomic E-state index is 12.5. The Morgan fingerprint density at radius 2 is 1.75 bits per heavy atom. The number of primary amides is 1. The zero-order chi connectivity index (χ0) is 17.4. The van der Waals surface area contributed by atoms with Gasteiger partial charge < -0.3 is 15.8 Å². The molecule has 2 aromatic carbocycles. The van der Waals surface area contributed by atoms with Crippen LogP contribution < -0.4 is 15.8 Å². The Labute approximate surface area is 141 Å². The summed E-state index contributed by atoms with van der Waals surface area (Å²) in [4.78, 5) is 23.3. The molecule has 0 aromatic heterocycles. The lowest BCUT2D eigenvalue weighted by molar-refractivity contribution is -0.119. The van der Waals surface area contributed by atoms with Crippen molar-refractivity contribution in [1.82, 2.24) is 5.32 Å². The summed E-state index contributed by atoms with van der Waals surface area (Å²) in [5, 5.41) is 2.94. The molecule has 3 N–H and O–H groups in total. The van der Waals surface area contributed by atoms with Crippen LogP contribution in [0.4, 0.5) is 0 Å². The first-order chi connectivity index (χ1) is 11.6. The highest BCUT2D eigenvalue weighted by Crippen LogP contribution is 2.20. The third-order valence-corrected chi connectivity index (χ3v) is 3.77. The molecule has 126 valence electrons. The fraction of sp³-hybridized carbons (Fsp3) is 0.263. The van der Waals surface area contributed by atoms with E-state index in [9.17, 15) is 9.59 Å². The highest BCUT2D eigenvalue weighted by Gasteiger charge is 2.15. The lowest BCUT2D eigenvalue weighted by Gasteiger charge is -2.17. The summed E-state index contributed by atoms with van der Waals surface area (Å²) in [5.41, 5.74) is 6.67. The summed E-state index contributed by atoms with van der Waals surface area (Å²) in [6, 6.07) is 16.9. The van der Waals surface area contributed by atoms with Crippen LogP contribution in [0.1, 0.15) is 35.2 Å². The van der Waals surface area contributed by atoms with E-state index >= 15 is 0 Å². The van der Waals surface area contributed by atoms with Gasteiger partial charge in [-0.2, -0.15) is 0 Å². The summed E-state index contributed by atoms with van der Waals surface area (Å²) in [6.07, 6.45) is 0.921. The van der Waals surface area contributed by atoms with Crippen LogP contribution in [0.25, 0.3) is 0 Å². The number of ether oxygens (including phenoxy) is 1. The lowest BCUT2D eigenvalue weighted by Crippen LogP contribution is -2.29. The molecule has 5 nitrogen and oxygen atoms in total. The van der Waals surface area contributed by atoms with E-state index in [0.717, 1.165) is 6.42 Å². The topological polar surface area (TPSA) is 81.4 Å². The summed E-state index contributed by atoms with van der Waals surface area (Å²) in [5.74, 6) is -0.222. The quantitative estimate of drug-likeness (QED) is 0.782. The molecule has 0 radical (unpaired) electrons. The smallest absolute Gasteiger partial charge is 0.255 e. The Morgan fingerprint density at radius 1 is 1.08 bits per heavy atom. The molecule has 1 atom stereocenters. The normalized spacial score (nSPS) is 11.5. The zero-order valence-corrected chi connectivity index (χ0v) is 13.7. The van der Waals surface area contributed by atoms with Crippen LogP contribution in [0.2, 0.25) is 0 Å². The number of nitrogens with one attached hydrogen (secondary N) is 1. The molecule has 24 heavy (non-hydrogen) atoms. The number of benzene rings is 2. The van der Waals surface area contributed by atoms with Gasteiger partial charge in [0.15, 0.2) is 6.61 Å². The molecule has 2 aromatic rings. The van der Waals surface area contributed by atoms with Crippen LogP contribution >= 0.6 is 0 Å². The highest BCUT2D eigenvalue weighted by atomic mass is 16.5. The van der Waals surface area contributed by atoms with Crippen molar-refractivity contribution in [1.29, 1.82) is 0 Å². The molecule has 0 unspecified atom stereocenters. The van der Waals surface area contributed by atoms with Gasteiger partial charge in [-0.25, -0.2) is 0 Å². The summed E-state index contributed by atoms with van der Waals surface area (Å²) >= 11 is 0. The van der Waals surface area contributed by atoms with E-state index in [2.05, 4.69) is 24.4 Å². The predicted octanol–water partition coefficient (Wildman–Crippen LogP) is 2.47. The molecule has 0 heterocycles. The van der Waals surface area contributed by atoms with Gasteiger partial charge in [-0.05, 0) is 24.1 Å². The van der Waals surface area contributed by atoms with Crippen molar-refractivity contribution in [2.75, 3.05) is 13.2 Å². The molecule has 0 fully saturated rings. The minimum absolute atomic E-state index is 0.232. The molecule has 2 rings (SSSR count). The Balaban J connectivity index is 2.03. The zero-order valence-electron chi connectivity index (χ0n) is 13.7. The number of carbonyl (C=O) groups excluding carboxylic acids is 2. The average Bonchev–Trinajstić information content (AvgIpc) is 2.61. The SMILES string of the molecule is CC[C@H](CNC(=O)c1ccccc1OCC(N)=O)c1ccccc1. The molecule has 5 heteroatoms. The molecule has 0 aliphatic carbocycles. The van der Waals surface area contributed by atoms with Crippen LogP contribution in [-0.2, 0) is 4.79 Å². The van der Waals surface area contributed by atoms with Crippen molar-refractivity contribution < 1.29 is 14.3 Å². The van der Waals surface area contributed by atoms with Crippen LogP contribution in [0.3, 0.4) is 0 Å². The summed E-state index contributed by atoms with van der Waals surface area (Å²) in [6.45, 7) is 2.36. The second-order valence-corrected chi connectivity index (χ2v) is 5.48. The van der Waals surface area contributed by atoms with E-state index < -0.39 is 5.91 Å². The van der Waals surface area contributed by atoms with Crippen LogP contribution in [-0.4, -0.2) is 25.0 Å². The van der Waals surface area contributed by atoms with Gasteiger partial charge in [0.05, 0.1) is 5.56 Å². The Hall–Kier alpha value is -2.82. The molecule has 0 bridgehead atoms. The maximum Gasteiger partial charge on any atom is 0.255 e. The third kappa shape index (κ3) is 4.84. The van der Waals surface area contributed by atoms with Crippen molar-refractivity contribution in [2.45, 2.75) is 19.3 Å². The first-order valence-electron chi connectivity index (χ1n) is 7.95. The first-order valence-corrected chi connectivity index (χ1v) is 7.95. The predicted molar refractivity (Wildman–Crippen MR) is 92.9 cm³/mol. The highest BCUT2D eigenvalue weighted by molar-refractivity contribution is 5.97. The summed E-state index contributed by atoms with van der Waals surface area (Å²) < 4.78 is 5.30. The van der Waals surface area contributed by atoms with Gasteiger partial charge in [0, 0.05) is 12.5 Å². The molecule has 0 aliphatic heterocycles. The van der Waals surface area contributed by atoms with Crippen molar-refractivity contribution in [3.05, 3.63) is 65.7 Å². The van der Waals surface area contributed by atoms with Gasteiger partial charge in [-0.15, -0.1) is 0 Å². The molecular weight excluding hydrogens is 304 g/mol. The average molecular weight is 326 g/mol.